The smallest absolute Gasteiger partial charge is 0.191 e. The Labute approximate surface area is 134 Å². The lowest BCUT2D eigenvalue weighted by atomic mass is 10.2. The molecule has 0 aliphatic rings. The highest BCUT2D eigenvalue weighted by Crippen LogP contribution is 2.00. The van der Waals surface area contributed by atoms with Crippen LogP contribution in [-0.4, -0.2) is 38.8 Å². The van der Waals surface area contributed by atoms with E-state index >= 15 is 0 Å². The number of guanidine groups is 1. The number of nitrogens with zero attached hydrogens (tertiary/aromatic N) is 1. The number of benzene rings is 1. The molecule has 0 bridgehead atoms. The van der Waals surface area contributed by atoms with Crippen molar-refractivity contribution >= 4 is 5.96 Å². The van der Waals surface area contributed by atoms with Gasteiger partial charge in [0.25, 0.3) is 0 Å². The number of ether oxygens (including phenoxy) is 1. The highest BCUT2D eigenvalue weighted by molar-refractivity contribution is 5.79. The van der Waals surface area contributed by atoms with E-state index in [1.165, 1.54) is 5.56 Å². The van der Waals surface area contributed by atoms with Gasteiger partial charge in [-0.3, -0.25) is 4.99 Å². The molecule has 0 fully saturated rings. The van der Waals surface area contributed by atoms with Gasteiger partial charge in [-0.15, -0.1) is 6.58 Å². The molecule has 0 saturated carbocycles. The molecule has 0 aliphatic heterocycles. The molecular weight excluding hydrogens is 274 g/mol. The summed E-state index contributed by atoms with van der Waals surface area (Å²) in [7, 11) is 0. The summed E-state index contributed by atoms with van der Waals surface area (Å²) in [5, 5.41) is 6.40. The van der Waals surface area contributed by atoms with E-state index < -0.39 is 0 Å². The molecule has 0 unspecified atom stereocenters. The largest absolute Gasteiger partial charge is 0.381 e. The second-order valence-electron chi connectivity index (χ2n) is 4.99. The topological polar surface area (TPSA) is 45.7 Å². The Hall–Kier alpha value is -1.81. The zero-order chi connectivity index (χ0) is 15.9. The van der Waals surface area contributed by atoms with E-state index in [2.05, 4.69) is 53.4 Å². The fourth-order valence-corrected chi connectivity index (χ4v) is 1.95. The van der Waals surface area contributed by atoms with Crippen molar-refractivity contribution in [2.24, 2.45) is 4.99 Å². The molecule has 4 nitrogen and oxygen atoms in total. The van der Waals surface area contributed by atoms with E-state index in [-0.39, 0.29) is 0 Å². The molecule has 0 saturated heterocycles. The van der Waals surface area contributed by atoms with Crippen molar-refractivity contribution in [2.45, 2.75) is 26.2 Å². The third-order valence-corrected chi connectivity index (χ3v) is 3.10. The molecule has 0 aromatic heterocycles. The van der Waals surface area contributed by atoms with Crippen molar-refractivity contribution in [3.63, 3.8) is 0 Å². The third kappa shape index (κ3) is 9.19. The monoisotopic (exact) mass is 303 g/mol. The van der Waals surface area contributed by atoms with E-state index in [9.17, 15) is 0 Å². The Kier molecular flexibility index (Phi) is 10.7. The minimum Gasteiger partial charge on any atom is -0.381 e. The van der Waals surface area contributed by atoms with Crippen LogP contribution in [0, 0.1) is 0 Å². The second kappa shape index (κ2) is 12.9. The summed E-state index contributed by atoms with van der Waals surface area (Å²) in [6, 6.07) is 10.4. The number of nitrogens with one attached hydrogen (secondary N) is 2. The Morgan fingerprint density at radius 1 is 1.18 bits per heavy atom. The van der Waals surface area contributed by atoms with Gasteiger partial charge in [-0.25, -0.2) is 0 Å². The minimum atomic E-state index is 0.731. The molecule has 0 amide bonds. The average Bonchev–Trinajstić information content (AvgIpc) is 2.55. The van der Waals surface area contributed by atoms with Crippen LogP contribution in [0.25, 0.3) is 0 Å². The maximum Gasteiger partial charge on any atom is 0.191 e. The standard InChI is InChI=1S/C18H29N3O/c1-3-13-20-18(19-4-2)21-14-8-9-15-22-16-12-17-10-6-5-7-11-17/h3,5-7,10-11H,1,4,8-9,12-16H2,2H3,(H2,19,20,21). The van der Waals surface area contributed by atoms with Gasteiger partial charge < -0.3 is 15.4 Å². The predicted octanol–water partition coefficient (Wildman–Crippen LogP) is 2.77. The quantitative estimate of drug-likeness (QED) is 0.286. The zero-order valence-electron chi connectivity index (χ0n) is 13.7. The van der Waals surface area contributed by atoms with Crippen molar-refractivity contribution in [3.05, 3.63) is 48.6 Å². The number of rotatable bonds is 11. The van der Waals surface area contributed by atoms with Crippen LogP contribution in [0.4, 0.5) is 0 Å². The van der Waals surface area contributed by atoms with Gasteiger partial charge in [0.2, 0.25) is 0 Å². The lowest BCUT2D eigenvalue weighted by Crippen LogP contribution is -2.37. The number of hydrogen-bond donors (Lipinski definition) is 2. The lowest BCUT2D eigenvalue weighted by molar-refractivity contribution is 0.134. The lowest BCUT2D eigenvalue weighted by Gasteiger charge is -2.09. The summed E-state index contributed by atoms with van der Waals surface area (Å²) in [5.74, 6) is 0.854. The molecule has 1 aromatic rings. The van der Waals surface area contributed by atoms with Crippen LogP contribution >= 0.6 is 0 Å². The summed E-state index contributed by atoms with van der Waals surface area (Å²) in [4.78, 5) is 4.51. The molecule has 2 N–H and O–H groups in total. The van der Waals surface area contributed by atoms with Crippen LogP contribution in [0.15, 0.2) is 48.0 Å². The maximum absolute atomic E-state index is 5.66. The molecular formula is C18H29N3O. The van der Waals surface area contributed by atoms with Crippen LogP contribution in [0.2, 0.25) is 0 Å². The molecule has 0 atom stereocenters. The third-order valence-electron chi connectivity index (χ3n) is 3.10. The van der Waals surface area contributed by atoms with Crippen molar-refractivity contribution in [2.75, 3.05) is 32.8 Å². The first kappa shape index (κ1) is 18.2. The minimum absolute atomic E-state index is 0.731. The number of aliphatic imine (C=N–C) groups is 1. The normalized spacial score (nSPS) is 11.2. The summed E-state index contributed by atoms with van der Waals surface area (Å²) in [6.07, 6.45) is 4.89. The van der Waals surface area contributed by atoms with Gasteiger partial charge in [0.1, 0.15) is 0 Å². The summed E-state index contributed by atoms with van der Waals surface area (Å²) < 4.78 is 5.66. The van der Waals surface area contributed by atoms with Gasteiger partial charge in [-0.2, -0.15) is 0 Å². The molecule has 0 spiro atoms. The molecule has 1 aromatic carbocycles. The predicted molar refractivity (Wildman–Crippen MR) is 94.4 cm³/mol. The van der Waals surface area contributed by atoms with E-state index in [0.717, 1.165) is 58.1 Å². The summed E-state index contributed by atoms with van der Waals surface area (Å²) >= 11 is 0. The molecule has 122 valence electrons. The molecule has 22 heavy (non-hydrogen) atoms. The summed E-state index contributed by atoms with van der Waals surface area (Å²) in [6.45, 7) is 9.76. The van der Waals surface area contributed by atoms with Crippen molar-refractivity contribution < 1.29 is 4.74 Å². The van der Waals surface area contributed by atoms with Crippen LogP contribution in [-0.2, 0) is 11.2 Å². The first-order valence-corrected chi connectivity index (χ1v) is 8.11. The fourth-order valence-electron chi connectivity index (χ4n) is 1.95. The van der Waals surface area contributed by atoms with Crippen LogP contribution < -0.4 is 10.6 Å². The molecule has 4 heteroatoms. The van der Waals surface area contributed by atoms with E-state index in [0.29, 0.717) is 0 Å². The van der Waals surface area contributed by atoms with Gasteiger partial charge in [-0.1, -0.05) is 36.4 Å². The Morgan fingerprint density at radius 3 is 2.73 bits per heavy atom. The first-order chi connectivity index (χ1) is 10.9. The SMILES string of the molecule is C=CCNC(=NCCCCOCCc1ccccc1)NCC. The zero-order valence-corrected chi connectivity index (χ0v) is 13.7. The molecule has 0 heterocycles. The molecule has 0 radical (unpaired) electrons. The Morgan fingerprint density at radius 2 is 2.00 bits per heavy atom. The highest BCUT2D eigenvalue weighted by atomic mass is 16.5. The van der Waals surface area contributed by atoms with E-state index in [1.807, 2.05) is 12.1 Å². The fraction of sp³-hybridized carbons (Fsp3) is 0.500. The maximum atomic E-state index is 5.66. The first-order valence-electron chi connectivity index (χ1n) is 8.11. The van der Waals surface area contributed by atoms with Crippen molar-refractivity contribution in [1.29, 1.82) is 0 Å². The van der Waals surface area contributed by atoms with Crippen molar-refractivity contribution in [3.8, 4) is 0 Å². The molecule has 1 rings (SSSR count). The van der Waals surface area contributed by atoms with Crippen LogP contribution in [0.3, 0.4) is 0 Å². The molecule has 0 aliphatic carbocycles. The van der Waals surface area contributed by atoms with Crippen LogP contribution in [0.1, 0.15) is 25.3 Å². The number of hydrogen-bond acceptors (Lipinski definition) is 2. The van der Waals surface area contributed by atoms with Gasteiger partial charge in [0.15, 0.2) is 5.96 Å². The average molecular weight is 303 g/mol. The van der Waals surface area contributed by atoms with Gasteiger partial charge in [0, 0.05) is 26.2 Å². The van der Waals surface area contributed by atoms with Crippen molar-refractivity contribution in [1.82, 2.24) is 10.6 Å². The second-order valence-corrected chi connectivity index (χ2v) is 4.99. The van der Waals surface area contributed by atoms with Crippen LogP contribution in [0.5, 0.6) is 0 Å². The number of unbranched alkanes of at least 4 members (excludes halogenated alkanes) is 1. The Balaban J connectivity index is 2.03. The van der Waals surface area contributed by atoms with Gasteiger partial charge in [-0.05, 0) is 31.7 Å². The van der Waals surface area contributed by atoms with Gasteiger partial charge in [0.05, 0.1) is 6.61 Å². The summed E-state index contributed by atoms with van der Waals surface area (Å²) in [5.41, 5.74) is 1.33. The highest BCUT2D eigenvalue weighted by Gasteiger charge is 1.95. The van der Waals surface area contributed by atoms with E-state index in [1.54, 1.807) is 0 Å². The Bertz CT molecular complexity index is 418. The van der Waals surface area contributed by atoms with E-state index in [4.69, 9.17) is 4.74 Å². The van der Waals surface area contributed by atoms with Gasteiger partial charge >= 0.3 is 0 Å².